The fourth-order valence-electron chi connectivity index (χ4n) is 7.37. The number of rotatable bonds is 7. The Morgan fingerprint density at radius 2 is 1.41 bits per heavy atom. The lowest BCUT2D eigenvalue weighted by Crippen LogP contribution is -2.47. The van der Waals surface area contributed by atoms with Crippen molar-refractivity contribution in [2.75, 3.05) is 11.7 Å². The molecule has 1 aliphatic heterocycles. The van der Waals surface area contributed by atoms with Gasteiger partial charge >= 0.3 is 0 Å². The van der Waals surface area contributed by atoms with Gasteiger partial charge in [-0.1, -0.05) is 127 Å². The predicted molar refractivity (Wildman–Crippen MR) is 171 cm³/mol. The van der Waals surface area contributed by atoms with Crippen LogP contribution in [-0.2, 0) is 15.3 Å². The van der Waals surface area contributed by atoms with Gasteiger partial charge in [-0.15, -0.1) is 0 Å². The van der Waals surface area contributed by atoms with E-state index in [1.807, 2.05) is 0 Å². The molecule has 1 fully saturated rings. The van der Waals surface area contributed by atoms with Gasteiger partial charge in [0.1, 0.15) is 0 Å². The third-order valence-corrected chi connectivity index (χ3v) is 14.5. The fourth-order valence-corrected chi connectivity index (χ4v) is 13.6. The highest BCUT2D eigenvalue weighted by molar-refractivity contribution is 7.93. The molecular formula is C34H53O3PS. The third kappa shape index (κ3) is 6.19. The van der Waals surface area contributed by atoms with E-state index < -0.39 is 18.0 Å². The highest BCUT2D eigenvalue weighted by Gasteiger charge is 2.61. The van der Waals surface area contributed by atoms with Crippen LogP contribution in [0, 0.1) is 16.7 Å². The monoisotopic (exact) mass is 572 g/mol. The van der Waals surface area contributed by atoms with Crippen molar-refractivity contribution < 1.29 is 13.0 Å². The van der Waals surface area contributed by atoms with Crippen molar-refractivity contribution in [3.63, 3.8) is 0 Å². The average molecular weight is 573 g/mol. The van der Waals surface area contributed by atoms with Crippen LogP contribution in [-0.4, -0.2) is 24.6 Å². The predicted octanol–water partition coefficient (Wildman–Crippen LogP) is 10.4. The van der Waals surface area contributed by atoms with Gasteiger partial charge in [0.2, 0.25) is 0 Å². The molecule has 1 aliphatic rings. The first kappa shape index (κ1) is 32.3. The Morgan fingerprint density at radius 1 is 0.897 bits per heavy atom. The van der Waals surface area contributed by atoms with E-state index in [-0.39, 0.29) is 27.4 Å². The largest absolute Gasteiger partial charge is 0.285 e. The minimum absolute atomic E-state index is 0.0278. The maximum absolute atomic E-state index is 12.5. The molecule has 3 nitrogen and oxygen atoms in total. The first-order valence-electron chi connectivity index (χ1n) is 14.7. The van der Waals surface area contributed by atoms with Gasteiger partial charge in [0.05, 0.1) is 5.49 Å². The van der Waals surface area contributed by atoms with E-state index in [1.165, 1.54) is 33.4 Å². The standard InChI is InChI=1S/C34H53O3PS/c1-22(2)25-19-27(23(3)4)31(28(20-25)24(5)6)26-15-13-14-16-29(26)34(33(10,11)12)30(32(7,8)9)17-18-38(34)21-39(35,36)37/h13-16,19-20,22-24,30H,17-18,21H2,1-12H3,(H,35,36,37). The molecule has 0 aliphatic carbocycles. The molecule has 0 aromatic heterocycles. The zero-order valence-electron chi connectivity index (χ0n) is 26.5. The smallest absolute Gasteiger partial charge is 0.268 e. The van der Waals surface area contributed by atoms with Crippen LogP contribution in [0.3, 0.4) is 0 Å². The molecular weight excluding hydrogens is 519 g/mol. The first-order valence-corrected chi connectivity index (χ1v) is 18.0. The van der Waals surface area contributed by atoms with Crippen LogP contribution >= 0.6 is 7.92 Å². The van der Waals surface area contributed by atoms with Gasteiger partial charge in [0.25, 0.3) is 10.1 Å². The second kappa shape index (κ2) is 11.2. The highest BCUT2D eigenvalue weighted by atomic mass is 32.2. The summed E-state index contributed by atoms with van der Waals surface area (Å²) in [6, 6.07) is 13.7. The molecule has 2 aromatic rings. The molecule has 5 heteroatoms. The summed E-state index contributed by atoms with van der Waals surface area (Å²) in [5.74, 6) is 1.40. The number of hydrogen-bond donors (Lipinski definition) is 1. The summed E-state index contributed by atoms with van der Waals surface area (Å²) in [5.41, 5.74) is 7.56. The first-order chi connectivity index (χ1) is 17.7. The molecule has 0 saturated carbocycles. The molecule has 1 heterocycles. The third-order valence-electron chi connectivity index (χ3n) is 8.94. The Kier molecular flexibility index (Phi) is 9.29. The lowest BCUT2D eigenvalue weighted by molar-refractivity contribution is 0.105. The summed E-state index contributed by atoms with van der Waals surface area (Å²) < 4.78 is 35.2. The molecule has 0 spiro atoms. The lowest BCUT2D eigenvalue weighted by atomic mass is 9.59. The van der Waals surface area contributed by atoms with Gasteiger partial charge in [0, 0.05) is 5.16 Å². The van der Waals surface area contributed by atoms with Crippen molar-refractivity contribution in [3.8, 4) is 11.1 Å². The van der Waals surface area contributed by atoms with Crippen LogP contribution in [0.4, 0.5) is 0 Å². The van der Waals surface area contributed by atoms with E-state index in [0.717, 1.165) is 12.6 Å². The Hall–Kier alpha value is -1.22. The second-order valence-corrected chi connectivity index (χ2v) is 19.2. The van der Waals surface area contributed by atoms with Crippen LogP contribution in [0.15, 0.2) is 36.4 Å². The summed E-state index contributed by atoms with van der Waals surface area (Å²) in [6.07, 6.45) is 1.82. The molecule has 1 saturated heterocycles. The maximum Gasteiger partial charge on any atom is 0.268 e. The minimum atomic E-state index is -4.12. The highest BCUT2D eigenvalue weighted by Crippen LogP contribution is 2.76. The summed E-state index contributed by atoms with van der Waals surface area (Å²) in [7, 11) is -5.18. The van der Waals surface area contributed by atoms with Gasteiger partial charge in [-0.3, -0.25) is 4.55 Å². The van der Waals surface area contributed by atoms with Crippen LogP contribution in [0.1, 0.15) is 130 Å². The van der Waals surface area contributed by atoms with Crippen LogP contribution in [0.2, 0.25) is 0 Å². The summed E-state index contributed by atoms with van der Waals surface area (Å²) in [6.45, 7) is 27.5. The molecule has 1 N–H and O–H groups in total. The zero-order chi connectivity index (χ0) is 29.7. The minimum Gasteiger partial charge on any atom is -0.285 e. The van der Waals surface area contributed by atoms with E-state index in [9.17, 15) is 13.0 Å². The van der Waals surface area contributed by atoms with Gasteiger partial charge in [-0.05, 0) is 80.5 Å². The van der Waals surface area contributed by atoms with Gasteiger partial charge < -0.3 is 0 Å². The normalized spacial score (nSPS) is 22.9. The zero-order valence-corrected chi connectivity index (χ0v) is 28.2. The maximum atomic E-state index is 12.5. The Balaban J connectivity index is 2.55. The number of benzene rings is 2. The molecule has 0 bridgehead atoms. The average Bonchev–Trinajstić information content (AvgIpc) is 3.16. The van der Waals surface area contributed by atoms with E-state index in [0.29, 0.717) is 17.8 Å². The second-order valence-electron chi connectivity index (χ2n) is 14.8. The fraction of sp³-hybridized carbons (Fsp3) is 0.647. The van der Waals surface area contributed by atoms with Crippen molar-refractivity contribution in [3.05, 3.63) is 58.7 Å². The molecule has 2 aromatic carbocycles. The molecule has 39 heavy (non-hydrogen) atoms. The molecule has 218 valence electrons. The van der Waals surface area contributed by atoms with Crippen LogP contribution < -0.4 is 0 Å². The Labute approximate surface area is 241 Å². The lowest BCUT2D eigenvalue weighted by Gasteiger charge is -2.55. The van der Waals surface area contributed by atoms with Gasteiger partial charge in [-0.25, -0.2) is 0 Å². The van der Waals surface area contributed by atoms with Crippen molar-refractivity contribution in [2.24, 2.45) is 16.7 Å². The summed E-state index contributed by atoms with van der Waals surface area (Å²) in [4.78, 5) is 0. The van der Waals surface area contributed by atoms with E-state index in [2.05, 4.69) is 119 Å². The summed E-state index contributed by atoms with van der Waals surface area (Å²) in [5, 5.41) is -0.383. The van der Waals surface area contributed by atoms with E-state index in [1.54, 1.807) is 0 Å². The van der Waals surface area contributed by atoms with Gasteiger partial charge in [-0.2, -0.15) is 8.42 Å². The van der Waals surface area contributed by atoms with E-state index >= 15 is 0 Å². The SMILES string of the molecule is CC(C)c1cc(C(C)C)c(-c2ccccc2C2(C(C)(C)C)C(C(C)(C)C)CCP2CS(=O)(=O)O)c(C(C)C)c1. The topological polar surface area (TPSA) is 54.4 Å². The van der Waals surface area contributed by atoms with Crippen molar-refractivity contribution in [1.82, 2.24) is 0 Å². The molecule has 0 radical (unpaired) electrons. The Bertz CT molecular complexity index is 1250. The Morgan fingerprint density at radius 3 is 1.82 bits per heavy atom. The van der Waals surface area contributed by atoms with Crippen molar-refractivity contribution >= 4 is 18.0 Å². The molecule has 3 unspecified atom stereocenters. The van der Waals surface area contributed by atoms with Crippen LogP contribution in [0.25, 0.3) is 11.1 Å². The van der Waals surface area contributed by atoms with Crippen molar-refractivity contribution in [2.45, 2.75) is 112 Å². The molecule has 3 rings (SSSR count). The number of hydrogen-bond acceptors (Lipinski definition) is 2. The van der Waals surface area contributed by atoms with Crippen molar-refractivity contribution in [1.29, 1.82) is 0 Å². The van der Waals surface area contributed by atoms with E-state index in [4.69, 9.17) is 0 Å². The summed E-state index contributed by atoms with van der Waals surface area (Å²) >= 11 is 0. The molecule has 3 atom stereocenters. The quantitative estimate of drug-likeness (QED) is 0.265. The van der Waals surface area contributed by atoms with Gasteiger partial charge in [0.15, 0.2) is 0 Å². The van der Waals surface area contributed by atoms with Crippen LogP contribution in [0.5, 0.6) is 0 Å². The molecule has 0 amide bonds.